The summed E-state index contributed by atoms with van der Waals surface area (Å²) in [5.41, 5.74) is 1.04. The second-order valence-corrected chi connectivity index (χ2v) is 8.11. The Kier molecular flexibility index (Phi) is 4.94. The van der Waals surface area contributed by atoms with E-state index in [9.17, 15) is 9.59 Å². The summed E-state index contributed by atoms with van der Waals surface area (Å²) in [5, 5.41) is 7.55. The smallest absolute Gasteiger partial charge is 0.264 e. The molecule has 0 radical (unpaired) electrons. The number of hydrogen-bond donors (Lipinski definition) is 1. The van der Waals surface area contributed by atoms with Gasteiger partial charge in [-0.3, -0.25) is 14.2 Å². The van der Waals surface area contributed by atoms with Gasteiger partial charge in [0.05, 0.1) is 22.5 Å². The lowest BCUT2D eigenvalue weighted by Crippen LogP contribution is -2.37. The van der Waals surface area contributed by atoms with E-state index < -0.39 is 0 Å². The van der Waals surface area contributed by atoms with Crippen molar-refractivity contribution >= 4 is 28.6 Å². The zero-order valence-corrected chi connectivity index (χ0v) is 15.7. The van der Waals surface area contributed by atoms with Crippen LogP contribution in [-0.2, 0) is 11.3 Å². The fourth-order valence-electron chi connectivity index (χ4n) is 3.14. The monoisotopic (exact) mass is 386 g/mol. The lowest BCUT2D eigenvalue weighted by molar-refractivity contribution is -0.122. The predicted octanol–water partition coefficient (Wildman–Crippen LogP) is 3.15. The van der Waals surface area contributed by atoms with Gasteiger partial charge in [0, 0.05) is 17.6 Å². The molecule has 1 N–H and O–H groups in total. The number of nitrogens with one attached hydrogen (secondary N) is 1. The Bertz CT molecular complexity index is 956. The quantitative estimate of drug-likeness (QED) is 0.731. The van der Waals surface area contributed by atoms with Crippen molar-refractivity contribution in [3.05, 3.63) is 45.8 Å². The van der Waals surface area contributed by atoms with Crippen molar-refractivity contribution in [2.24, 2.45) is 0 Å². The molecule has 0 atom stereocenters. The number of carbonyl (C=O) groups is 1. The van der Waals surface area contributed by atoms with Crippen LogP contribution in [-0.4, -0.2) is 26.5 Å². The molecule has 0 aromatic carbocycles. The van der Waals surface area contributed by atoms with Crippen molar-refractivity contribution in [2.75, 3.05) is 0 Å². The Morgan fingerprint density at radius 2 is 2.15 bits per heavy atom. The summed E-state index contributed by atoms with van der Waals surface area (Å²) in [6.07, 6.45) is 7.27. The molecule has 6 nitrogen and oxygen atoms in total. The second-order valence-electron chi connectivity index (χ2n) is 6.30. The van der Waals surface area contributed by atoms with Gasteiger partial charge in [-0.15, -0.1) is 22.7 Å². The Hall–Kier alpha value is -2.32. The van der Waals surface area contributed by atoms with Crippen molar-refractivity contribution < 1.29 is 4.79 Å². The highest BCUT2D eigenvalue weighted by Crippen LogP contribution is 2.29. The standard InChI is InChI=1S/C18H18N4O2S2/c23-16(20-12-4-1-2-5-12)9-22-11-19-8-13(18(22)24)17-21-14(10-26-17)15-6-3-7-25-15/h3,6-8,10-12H,1-2,4-5,9H2,(H,20,23). The van der Waals surface area contributed by atoms with E-state index in [0.717, 1.165) is 36.3 Å². The van der Waals surface area contributed by atoms with Crippen LogP contribution in [0, 0.1) is 0 Å². The molecule has 0 spiro atoms. The topological polar surface area (TPSA) is 76.9 Å². The van der Waals surface area contributed by atoms with Gasteiger partial charge in [0.1, 0.15) is 11.6 Å². The molecule has 1 aliphatic carbocycles. The Balaban J connectivity index is 1.54. The van der Waals surface area contributed by atoms with Crippen molar-refractivity contribution in [3.8, 4) is 21.1 Å². The number of aromatic nitrogens is 3. The summed E-state index contributed by atoms with van der Waals surface area (Å²) in [5.74, 6) is -0.142. The summed E-state index contributed by atoms with van der Waals surface area (Å²) < 4.78 is 1.35. The molecule has 0 aliphatic heterocycles. The van der Waals surface area contributed by atoms with Gasteiger partial charge < -0.3 is 5.32 Å². The molecular weight excluding hydrogens is 368 g/mol. The van der Waals surface area contributed by atoms with Crippen molar-refractivity contribution in [1.82, 2.24) is 19.9 Å². The molecule has 1 amide bonds. The van der Waals surface area contributed by atoms with Crippen molar-refractivity contribution in [2.45, 2.75) is 38.3 Å². The number of thiophene rings is 1. The maximum Gasteiger partial charge on any atom is 0.264 e. The number of amides is 1. The van der Waals surface area contributed by atoms with Crippen LogP contribution in [0.4, 0.5) is 0 Å². The van der Waals surface area contributed by atoms with Crippen LogP contribution >= 0.6 is 22.7 Å². The minimum Gasteiger partial charge on any atom is -0.352 e. The molecule has 0 bridgehead atoms. The minimum absolute atomic E-state index is 0.0146. The molecule has 1 fully saturated rings. The molecule has 3 heterocycles. The van der Waals surface area contributed by atoms with Crippen molar-refractivity contribution in [1.29, 1.82) is 0 Å². The minimum atomic E-state index is -0.242. The summed E-state index contributed by atoms with van der Waals surface area (Å²) in [7, 11) is 0. The first-order chi connectivity index (χ1) is 12.7. The maximum absolute atomic E-state index is 12.8. The van der Waals surface area contributed by atoms with Crippen LogP contribution in [0.15, 0.2) is 40.2 Å². The third-order valence-corrected chi connectivity index (χ3v) is 6.21. The first kappa shape index (κ1) is 17.1. The molecule has 3 aromatic heterocycles. The summed E-state index contributed by atoms with van der Waals surface area (Å²) >= 11 is 3.02. The molecule has 1 saturated carbocycles. The number of carbonyl (C=O) groups excluding carboxylic acids is 1. The van der Waals surface area contributed by atoms with E-state index in [1.165, 1.54) is 28.4 Å². The average molecular weight is 387 g/mol. The Labute approximate surface area is 158 Å². The van der Waals surface area contributed by atoms with Crippen LogP contribution in [0.25, 0.3) is 21.1 Å². The highest BCUT2D eigenvalue weighted by Gasteiger charge is 2.18. The Morgan fingerprint density at radius 3 is 2.92 bits per heavy atom. The number of thiazole rings is 1. The largest absolute Gasteiger partial charge is 0.352 e. The highest BCUT2D eigenvalue weighted by molar-refractivity contribution is 7.15. The van der Waals surface area contributed by atoms with Gasteiger partial charge in [0.15, 0.2) is 0 Å². The second kappa shape index (κ2) is 7.51. The summed E-state index contributed by atoms with van der Waals surface area (Å²) in [4.78, 5) is 34.7. The van der Waals surface area contributed by atoms with Gasteiger partial charge in [0.25, 0.3) is 5.56 Å². The maximum atomic E-state index is 12.8. The van der Waals surface area contributed by atoms with Crippen LogP contribution in [0.1, 0.15) is 25.7 Å². The van der Waals surface area contributed by atoms with Crippen LogP contribution < -0.4 is 10.9 Å². The van der Waals surface area contributed by atoms with Gasteiger partial charge in [-0.1, -0.05) is 18.9 Å². The number of nitrogens with zero attached hydrogens (tertiary/aromatic N) is 3. The van der Waals surface area contributed by atoms with E-state index in [-0.39, 0.29) is 24.1 Å². The fourth-order valence-corrected chi connectivity index (χ4v) is 4.72. The van der Waals surface area contributed by atoms with Crippen LogP contribution in [0.3, 0.4) is 0 Å². The molecule has 8 heteroatoms. The van der Waals surface area contributed by atoms with Gasteiger partial charge >= 0.3 is 0 Å². The van der Waals surface area contributed by atoms with Gasteiger partial charge in [-0.05, 0) is 24.3 Å². The molecule has 26 heavy (non-hydrogen) atoms. The van der Waals surface area contributed by atoms with Gasteiger partial charge in [-0.2, -0.15) is 0 Å². The molecule has 134 valence electrons. The average Bonchev–Trinajstić information content (AvgIpc) is 3.38. The first-order valence-corrected chi connectivity index (χ1v) is 10.3. The number of rotatable bonds is 5. The van der Waals surface area contributed by atoms with Crippen LogP contribution in [0.5, 0.6) is 0 Å². The van der Waals surface area contributed by atoms with E-state index in [0.29, 0.717) is 10.6 Å². The third-order valence-electron chi connectivity index (χ3n) is 4.44. The predicted molar refractivity (Wildman–Crippen MR) is 103 cm³/mol. The fraction of sp³-hybridized carbons (Fsp3) is 0.333. The number of hydrogen-bond acceptors (Lipinski definition) is 6. The molecule has 1 aliphatic rings. The first-order valence-electron chi connectivity index (χ1n) is 8.54. The normalized spacial score (nSPS) is 14.6. The zero-order valence-electron chi connectivity index (χ0n) is 14.1. The van der Waals surface area contributed by atoms with E-state index in [1.807, 2.05) is 22.9 Å². The lowest BCUT2D eigenvalue weighted by atomic mass is 10.2. The molecular formula is C18H18N4O2S2. The van der Waals surface area contributed by atoms with E-state index in [2.05, 4.69) is 15.3 Å². The molecule has 0 saturated heterocycles. The summed E-state index contributed by atoms with van der Waals surface area (Å²) in [6, 6.07) is 4.21. The molecule has 0 unspecified atom stereocenters. The van der Waals surface area contributed by atoms with Crippen molar-refractivity contribution in [3.63, 3.8) is 0 Å². The van der Waals surface area contributed by atoms with E-state index in [4.69, 9.17) is 0 Å². The van der Waals surface area contributed by atoms with Gasteiger partial charge in [0.2, 0.25) is 5.91 Å². The van der Waals surface area contributed by atoms with Gasteiger partial charge in [-0.25, -0.2) is 9.97 Å². The third kappa shape index (κ3) is 3.61. The Morgan fingerprint density at radius 1 is 1.31 bits per heavy atom. The summed E-state index contributed by atoms with van der Waals surface area (Å²) in [6.45, 7) is -0.0146. The zero-order chi connectivity index (χ0) is 17.9. The highest BCUT2D eigenvalue weighted by atomic mass is 32.1. The lowest BCUT2D eigenvalue weighted by Gasteiger charge is -2.12. The molecule has 3 aromatic rings. The SMILES string of the molecule is O=C(Cn1cncc(-c2nc(-c3cccs3)cs2)c1=O)NC1CCCC1. The van der Waals surface area contributed by atoms with E-state index in [1.54, 1.807) is 11.3 Å². The molecule has 4 rings (SSSR count). The van der Waals surface area contributed by atoms with Crippen LogP contribution in [0.2, 0.25) is 0 Å². The van der Waals surface area contributed by atoms with E-state index >= 15 is 0 Å².